The topological polar surface area (TPSA) is 39.1 Å². The molecule has 1 heterocycles. The van der Waals surface area contributed by atoms with Crippen LogP contribution in [0.2, 0.25) is 0 Å². The molecule has 0 amide bonds. The van der Waals surface area contributed by atoms with Crippen molar-refractivity contribution in [2.75, 3.05) is 19.6 Å². The van der Waals surface area contributed by atoms with Crippen molar-refractivity contribution in [3.05, 3.63) is 0 Å². The molecule has 6 heteroatoms. The smallest absolute Gasteiger partial charge is 0.300 e. The summed E-state index contributed by atoms with van der Waals surface area (Å²) in [6, 6.07) is 2.81. The zero-order chi connectivity index (χ0) is 15.1. The van der Waals surface area contributed by atoms with Crippen LogP contribution in [0.3, 0.4) is 0 Å². The molecule has 2 aliphatic carbocycles. The van der Waals surface area contributed by atoms with Crippen molar-refractivity contribution in [2.45, 2.75) is 56.3 Å². The van der Waals surface area contributed by atoms with Gasteiger partial charge in [0, 0.05) is 19.1 Å². The van der Waals surface area contributed by atoms with E-state index in [0.717, 1.165) is 25.7 Å². The Morgan fingerprint density at radius 3 is 2.33 bits per heavy atom. The number of alkyl halides is 3. The number of nitrogens with zero attached hydrogens (tertiary/aromatic N) is 2. The largest absolute Gasteiger partial charge is 0.393 e. The van der Waals surface area contributed by atoms with E-state index in [0.29, 0.717) is 31.5 Å². The first-order valence-corrected chi connectivity index (χ1v) is 7.91. The van der Waals surface area contributed by atoms with E-state index < -0.39 is 17.6 Å². The summed E-state index contributed by atoms with van der Waals surface area (Å²) in [5.74, 6) is -0.919. The lowest BCUT2D eigenvalue weighted by Gasteiger charge is -2.39. The maximum Gasteiger partial charge on any atom is 0.393 e. The zero-order valence-corrected chi connectivity index (χ0v) is 12.1. The summed E-state index contributed by atoms with van der Waals surface area (Å²) < 4.78 is 38.7. The maximum atomic E-state index is 12.9. The Kier molecular flexibility index (Phi) is 3.91. The van der Waals surface area contributed by atoms with Crippen molar-refractivity contribution in [3.63, 3.8) is 0 Å². The maximum absolute atomic E-state index is 12.9. The molecule has 1 N–H and O–H groups in total. The van der Waals surface area contributed by atoms with Crippen LogP contribution in [0.1, 0.15) is 38.5 Å². The summed E-state index contributed by atoms with van der Waals surface area (Å²) in [5.41, 5.74) is -0.630. The predicted octanol–water partition coefficient (Wildman–Crippen LogP) is 2.69. The van der Waals surface area contributed by atoms with Gasteiger partial charge in [0.15, 0.2) is 0 Å². The van der Waals surface area contributed by atoms with Crippen LogP contribution in [0.15, 0.2) is 0 Å². The highest BCUT2D eigenvalue weighted by Gasteiger charge is 2.50. The van der Waals surface area contributed by atoms with Crippen LogP contribution < -0.4 is 5.32 Å². The molecule has 3 nitrogen and oxygen atoms in total. The van der Waals surface area contributed by atoms with Crippen LogP contribution >= 0.6 is 0 Å². The monoisotopic (exact) mass is 301 g/mol. The number of piperidine rings is 1. The fourth-order valence-electron chi connectivity index (χ4n) is 3.44. The van der Waals surface area contributed by atoms with E-state index in [1.807, 2.05) is 4.90 Å². The van der Waals surface area contributed by atoms with Gasteiger partial charge in [0.25, 0.3) is 0 Å². The highest BCUT2D eigenvalue weighted by Crippen LogP contribution is 2.42. The summed E-state index contributed by atoms with van der Waals surface area (Å²) in [5, 5.41) is 13.1. The van der Waals surface area contributed by atoms with Crippen LogP contribution in [0.25, 0.3) is 0 Å². The van der Waals surface area contributed by atoms with Gasteiger partial charge in [-0.05, 0) is 51.0 Å². The van der Waals surface area contributed by atoms with Crippen LogP contribution in [-0.2, 0) is 0 Å². The predicted molar refractivity (Wildman–Crippen MR) is 72.4 cm³/mol. The van der Waals surface area contributed by atoms with Crippen molar-refractivity contribution in [3.8, 4) is 6.07 Å². The van der Waals surface area contributed by atoms with E-state index in [-0.39, 0.29) is 13.0 Å². The van der Waals surface area contributed by atoms with Crippen molar-refractivity contribution < 1.29 is 13.2 Å². The number of halogens is 3. The average Bonchev–Trinajstić information content (AvgIpc) is 3.30. The molecular formula is C15H22F3N3. The van der Waals surface area contributed by atoms with Gasteiger partial charge in [0.1, 0.15) is 5.54 Å². The lowest BCUT2D eigenvalue weighted by Crippen LogP contribution is -2.57. The minimum absolute atomic E-state index is 0.0476. The van der Waals surface area contributed by atoms with E-state index in [1.54, 1.807) is 0 Å². The highest BCUT2D eigenvalue weighted by atomic mass is 19.4. The van der Waals surface area contributed by atoms with E-state index >= 15 is 0 Å². The quantitative estimate of drug-likeness (QED) is 0.848. The Morgan fingerprint density at radius 2 is 1.81 bits per heavy atom. The molecule has 2 atom stereocenters. The summed E-state index contributed by atoms with van der Waals surface area (Å²) in [7, 11) is 0. The van der Waals surface area contributed by atoms with Gasteiger partial charge in [-0.25, -0.2) is 0 Å². The molecule has 2 saturated carbocycles. The van der Waals surface area contributed by atoms with Gasteiger partial charge in [-0.1, -0.05) is 0 Å². The van der Waals surface area contributed by atoms with Crippen LogP contribution in [0, 0.1) is 23.2 Å². The number of nitriles is 1. The number of hydrogen-bond acceptors (Lipinski definition) is 3. The summed E-state index contributed by atoms with van der Waals surface area (Å²) in [6.07, 6.45) is 0.882. The third-order valence-corrected chi connectivity index (χ3v) is 4.95. The molecule has 3 fully saturated rings. The Balaban J connectivity index is 1.66. The Morgan fingerprint density at radius 1 is 1.10 bits per heavy atom. The highest BCUT2D eigenvalue weighted by molar-refractivity contribution is 5.18. The van der Waals surface area contributed by atoms with Crippen LogP contribution in [0.5, 0.6) is 0 Å². The van der Waals surface area contributed by atoms with E-state index in [4.69, 9.17) is 0 Å². The summed E-state index contributed by atoms with van der Waals surface area (Å²) in [4.78, 5) is 1.86. The van der Waals surface area contributed by atoms with E-state index in [2.05, 4.69) is 11.4 Å². The molecule has 1 aliphatic heterocycles. The molecule has 0 bridgehead atoms. The second-order valence-corrected chi connectivity index (χ2v) is 6.89. The third-order valence-electron chi connectivity index (χ3n) is 4.95. The number of nitrogens with one attached hydrogen (secondary N) is 1. The molecule has 21 heavy (non-hydrogen) atoms. The fourth-order valence-corrected chi connectivity index (χ4v) is 3.44. The second kappa shape index (κ2) is 5.44. The van der Waals surface area contributed by atoms with Crippen molar-refractivity contribution in [1.29, 1.82) is 5.26 Å². The minimum atomic E-state index is -4.11. The molecular weight excluding hydrogens is 279 g/mol. The average molecular weight is 301 g/mol. The SMILES string of the molecule is N#CC(CN1CCCC(C(F)(F)F)C1)(NC1CC1)C1CC1. The molecule has 0 spiro atoms. The molecule has 2 unspecified atom stereocenters. The van der Waals surface area contributed by atoms with Crippen molar-refractivity contribution in [1.82, 2.24) is 10.2 Å². The Hall–Kier alpha value is -0.800. The van der Waals surface area contributed by atoms with E-state index in [1.165, 1.54) is 0 Å². The molecule has 0 aromatic heterocycles. The molecule has 118 valence electrons. The van der Waals surface area contributed by atoms with Gasteiger partial charge < -0.3 is 0 Å². The second-order valence-electron chi connectivity index (χ2n) is 6.89. The van der Waals surface area contributed by atoms with Crippen molar-refractivity contribution in [2.24, 2.45) is 11.8 Å². The Bertz CT molecular complexity index is 423. The first-order valence-electron chi connectivity index (χ1n) is 7.91. The zero-order valence-electron chi connectivity index (χ0n) is 12.1. The number of likely N-dealkylation sites (tertiary alicyclic amines) is 1. The summed E-state index contributed by atoms with van der Waals surface area (Å²) in [6.45, 7) is 1.16. The van der Waals surface area contributed by atoms with Gasteiger partial charge in [0.2, 0.25) is 0 Å². The van der Waals surface area contributed by atoms with Gasteiger partial charge in [-0.15, -0.1) is 0 Å². The molecule has 1 saturated heterocycles. The Labute approximate surface area is 123 Å². The van der Waals surface area contributed by atoms with Gasteiger partial charge in [-0.3, -0.25) is 10.2 Å². The molecule has 0 radical (unpaired) electrons. The van der Waals surface area contributed by atoms with Crippen molar-refractivity contribution >= 4 is 0 Å². The van der Waals surface area contributed by atoms with Crippen LogP contribution in [0.4, 0.5) is 13.2 Å². The fraction of sp³-hybridized carbons (Fsp3) is 0.933. The van der Waals surface area contributed by atoms with Gasteiger partial charge in [-0.2, -0.15) is 18.4 Å². The third kappa shape index (κ3) is 3.51. The first kappa shape index (κ1) is 15.1. The lowest BCUT2D eigenvalue weighted by molar-refractivity contribution is -0.187. The molecule has 0 aromatic carbocycles. The molecule has 3 rings (SSSR count). The first-order chi connectivity index (χ1) is 9.93. The number of rotatable bonds is 5. The van der Waals surface area contributed by atoms with Gasteiger partial charge >= 0.3 is 6.18 Å². The van der Waals surface area contributed by atoms with E-state index in [9.17, 15) is 18.4 Å². The summed E-state index contributed by atoms with van der Waals surface area (Å²) >= 11 is 0. The lowest BCUT2D eigenvalue weighted by atomic mass is 9.90. The molecule has 3 aliphatic rings. The minimum Gasteiger partial charge on any atom is -0.300 e. The van der Waals surface area contributed by atoms with Crippen LogP contribution in [-0.4, -0.2) is 42.3 Å². The normalized spacial score (nSPS) is 30.7. The van der Waals surface area contributed by atoms with Gasteiger partial charge in [0.05, 0.1) is 12.0 Å². The standard InChI is InChI=1S/C15H22F3N3/c16-15(17,18)12-2-1-7-21(8-12)10-14(9-19,11-3-4-11)20-13-5-6-13/h11-13,20H,1-8,10H2. The number of hydrogen-bond donors (Lipinski definition) is 1. The molecule has 0 aromatic rings.